The third-order valence-corrected chi connectivity index (χ3v) is 5.09. The van der Waals surface area contributed by atoms with Crippen LogP contribution in [0.4, 0.5) is 11.5 Å². The molecule has 5 heteroatoms. The first-order valence-corrected chi connectivity index (χ1v) is 7.71. The first-order chi connectivity index (χ1) is 8.43. The van der Waals surface area contributed by atoms with Gasteiger partial charge in [-0.1, -0.05) is 6.92 Å². The van der Waals surface area contributed by atoms with E-state index in [1.165, 1.54) is 0 Å². The normalized spacial score (nSPS) is 24.9. The van der Waals surface area contributed by atoms with Gasteiger partial charge in [0.1, 0.15) is 0 Å². The van der Waals surface area contributed by atoms with Crippen LogP contribution in [0.15, 0.2) is 0 Å². The van der Waals surface area contributed by atoms with E-state index in [0.29, 0.717) is 17.3 Å². The molecule has 1 saturated heterocycles. The van der Waals surface area contributed by atoms with Crippen molar-refractivity contribution in [1.29, 1.82) is 0 Å². The molecule has 0 bridgehead atoms. The summed E-state index contributed by atoms with van der Waals surface area (Å²) in [5, 5.41) is 5.22. The van der Waals surface area contributed by atoms with Crippen LogP contribution in [-0.4, -0.2) is 33.4 Å². The second-order valence-corrected chi connectivity index (χ2v) is 6.86. The largest absolute Gasteiger partial charge is 0.394 e. The van der Waals surface area contributed by atoms with Crippen LogP contribution in [0, 0.1) is 6.92 Å². The van der Waals surface area contributed by atoms with E-state index in [-0.39, 0.29) is 0 Å². The molecule has 4 nitrogen and oxygen atoms in total. The zero-order valence-electron chi connectivity index (χ0n) is 12.0. The molecule has 2 heterocycles. The molecule has 2 rings (SSSR count). The maximum atomic E-state index is 6.25. The lowest BCUT2D eigenvalue weighted by Gasteiger charge is -2.39. The van der Waals surface area contributed by atoms with Gasteiger partial charge in [-0.2, -0.15) is 16.9 Å². The highest BCUT2D eigenvalue weighted by molar-refractivity contribution is 8.00. The van der Waals surface area contributed by atoms with Gasteiger partial charge in [0.2, 0.25) is 0 Å². The van der Waals surface area contributed by atoms with Gasteiger partial charge >= 0.3 is 0 Å². The van der Waals surface area contributed by atoms with Gasteiger partial charge in [-0.05, 0) is 27.7 Å². The van der Waals surface area contributed by atoms with E-state index in [4.69, 9.17) is 5.73 Å². The van der Waals surface area contributed by atoms with Gasteiger partial charge in [-0.3, -0.25) is 0 Å². The Balaban J connectivity index is 2.43. The monoisotopic (exact) mass is 268 g/mol. The molecule has 2 atom stereocenters. The summed E-state index contributed by atoms with van der Waals surface area (Å²) in [6, 6.07) is 0.840. The molecule has 0 amide bonds. The lowest BCUT2D eigenvalue weighted by molar-refractivity contribution is 0.507. The molecule has 0 aliphatic carbocycles. The van der Waals surface area contributed by atoms with E-state index < -0.39 is 0 Å². The van der Waals surface area contributed by atoms with Crippen LogP contribution in [0.25, 0.3) is 0 Å². The summed E-state index contributed by atoms with van der Waals surface area (Å²) < 4.78 is 2.07. The van der Waals surface area contributed by atoms with Gasteiger partial charge in [-0.25, -0.2) is 4.68 Å². The summed E-state index contributed by atoms with van der Waals surface area (Å²) >= 11 is 2.04. The van der Waals surface area contributed by atoms with E-state index in [1.807, 2.05) is 18.7 Å². The highest BCUT2D eigenvalue weighted by Gasteiger charge is 2.30. The number of nitrogen functional groups attached to an aromatic ring is 1. The zero-order valence-corrected chi connectivity index (χ0v) is 12.8. The number of rotatable bonds is 2. The first kappa shape index (κ1) is 13.6. The Morgan fingerprint density at radius 2 is 2.06 bits per heavy atom. The molecule has 2 unspecified atom stereocenters. The Bertz CT molecular complexity index is 427. The van der Waals surface area contributed by atoms with Crippen LogP contribution < -0.4 is 10.6 Å². The molecular weight excluding hydrogens is 244 g/mol. The van der Waals surface area contributed by atoms with E-state index in [9.17, 15) is 0 Å². The lowest BCUT2D eigenvalue weighted by Crippen LogP contribution is -2.46. The van der Waals surface area contributed by atoms with Crippen molar-refractivity contribution < 1.29 is 0 Å². The van der Waals surface area contributed by atoms with Crippen molar-refractivity contribution in [3.05, 3.63) is 5.69 Å². The van der Waals surface area contributed by atoms with Crippen LogP contribution in [0.1, 0.15) is 39.4 Å². The molecule has 1 aliphatic heterocycles. The molecule has 1 aromatic rings. The van der Waals surface area contributed by atoms with E-state index >= 15 is 0 Å². The fraction of sp³-hybridized carbons (Fsp3) is 0.769. The molecule has 0 aromatic carbocycles. The molecule has 0 spiro atoms. The smallest absolute Gasteiger partial charge is 0.151 e. The Morgan fingerprint density at radius 3 is 2.67 bits per heavy atom. The van der Waals surface area contributed by atoms with Crippen molar-refractivity contribution in [3.8, 4) is 0 Å². The fourth-order valence-electron chi connectivity index (χ4n) is 2.43. The number of aromatic nitrogens is 2. The number of nitrogens with two attached hydrogens (primary N) is 1. The van der Waals surface area contributed by atoms with Gasteiger partial charge in [0.25, 0.3) is 0 Å². The second kappa shape index (κ2) is 5.03. The maximum absolute atomic E-state index is 6.25. The Morgan fingerprint density at radius 1 is 1.39 bits per heavy atom. The van der Waals surface area contributed by atoms with Crippen LogP contribution in [0.3, 0.4) is 0 Å². The SMILES string of the molecule is Cc1nn(C(C)C)c(N2CCSC(C)C2C)c1N. The number of hydrogen-bond donors (Lipinski definition) is 1. The van der Waals surface area contributed by atoms with E-state index in [1.54, 1.807) is 0 Å². The molecule has 1 fully saturated rings. The van der Waals surface area contributed by atoms with Gasteiger partial charge in [0.05, 0.1) is 11.4 Å². The molecule has 102 valence electrons. The highest BCUT2D eigenvalue weighted by Crippen LogP contribution is 2.35. The molecule has 18 heavy (non-hydrogen) atoms. The standard InChI is InChI=1S/C13H24N4S/c1-8(2)17-13(12(14)9(3)15-17)16-6-7-18-11(5)10(16)4/h8,10-11H,6-7,14H2,1-5H3. The Hall–Kier alpha value is -0.840. The molecule has 0 radical (unpaired) electrons. The van der Waals surface area contributed by atoms with Crippen molar-refractivity contribution in [2.24, 2.45) is 0 Å². The van der Waals surface area contributed by atoms with Crippen LogP contribution in [-0.2, 0) is 0 Å². The van der Waals surface area contributed by atoms with Crippen molar-refractivity contribution in [3.63, 3.8) is 0 Å². The van der Waals surface area contributed by atoms with E-state index in [0.717, 1.165) is 29.5 Å². The van der Waals surface area contributed by atoms with Crippen LogP contribution in [0.2, 0.25) is 0 Å². The topological polar surface area (TPSA) is 47.1 Å². The number of thioether (sulfide) groups is 1. The quantitative estimate of drug-likeness (QED) is 0.896. The minimum absolute atomic E-state index is 0.341. The summed E-state index contributed by atoms with van der Waals surface area (Å²) in [7, 11) is 0. The first-order valence-electron chi connectivity index (χ1n) is 6.66. The number of nitrogens with zero attached hydrogens (tertiary/aromatic N) is 3. The average Bonchev–Trinajstić information content (AvgIpc) is 2.60. The van der Waals surface area contributed by atoms with Crippen molar-refractivity contribution >= 4 is 23.3 Å². The fourth-order valence-corrected chi connectivity index (χ4v) is 3.53. The second-order valence-electron chi connectivity index (χ2n) is 5.37. The predicted octanol–water partition coefficient (Wildman–Crippen LogP) is 2.68. The third-order valence-electron chi connectivity index (χ3n) is 3.75. The van der Waals surface area contributed by atoms with Gasteiger partial charge in [0.15, 0.2) is 5.82 Å². The summed E-state index contributed by atoms with van der Waals surface area (Å²) in [6.45, 7) is 11.9. The summed E-state index contributed by atoms with van der Waals surface area (Å²) in [6.07, 6.45) is 0. The zero-order chi connectivity index (χ0) is 13.4. The minimum atomic E-state index is 0.341. The maximum Gasteiger partial charge on any atom is 0.151 e. The van der Waals surface area contributed by atoms with Crippen molar-refractivity contribution in [2.75, 3.05) is 22.9 Å². The number of hydrogen-bond acceptors (Lipinski definition) is 4. The highest BCUT2D eigenvalue weighted by atomic mass is 32.2. The summed E-state index contributed by atoms with van der Waals surface area (Å²) in [5.74, 6) is 2.27. The van der Waals surface area contributed by atoms with E-state index in [2.05, 4.69) is 42.4 Å². The van der Waals surface area contributed by atoms with Gasteiger partial charge in [-0.15, -0.1) is 0 Å². The van der Waals surface area contributed by atoms with Gasteiger partial charge < -0.3 is 10.6 Å². The lowest BCUT2D eigenvalue weighted by atomic mass is 10.2. The molecular formula is C13H24N4S. The molecule has 1 aromatic heterocycles. The minimum Gasteiger partial charge on any atom is -0.394 e. The van der Waals surface area contributed by atoms with Crippen LogP contribution in [0.5, 0.6) is 0 Å². The Labute approximate surface area is 114 Å². The molecule has 2 N–H and O–H groups in total. The molecule has 0 saturated carbocycles. The predicted molar refractivity (Wildman–Crippen MR) is 80.5 cm³/mol. The summed E-state index contributed by atoms with van der Waals surface area (Å²) in [5.41, 5.74) is 8.03. The van der Waals surface area contributed by atoms with Crippen molar-refractivity contribution in [1.82, 2.24) is 9.78 Å². The number of anilines is 2. The van der Waals surface area contributed by atoms with Gasteiger partial charge in [0, 0.05) is 29.6 Å². The molecule has 1 aliphatic rings. The average molecular weight is 268 g/mol. The van der Waals surface area contributed by atoms with Crippen molar-refractivity contribution in [2.45, 2.75) is 52.0 Å². The summed E-state index contributed by atoms with van der Waals surface area (Å²) in [4.78, 5) is 2.43. The Kier molecular flexibility index (Phi) is 3.80. The van der Waals surface area contributed by atoms with Crippen LogP contribution >= 0.6 is 11.8 Å². The third kappa shape index (κ3) is 2.20. The number of aryl methyl sites for hydroxylation is 1.